The number of nitrogens with zero attached hydrogens (tertiary/aromatic N) is 1. The molecule has 0 bridgehead atoms. The average Bonchev–Trinajstić information content (AvgIpc) is 2.15. The summed E-state index contributed by atoms with van der Waals surface area (Å²) < 4.78 is 0. The van der Waals surface area contributed by atoms with Crippen LogP contribution in [0.25, 0.3) is 0 Å². The topological polar surface area (TPSA) is 59.1 Å². The van der Waals surface area contributed by atoms with Crippen LogP contribution in [0.5, 0.6) is 0 Å². The molecule has 3 nitrogen and oxygen atoms in total. The number of hydrogen-bond donors (Lipinski definition) is 2. The third kappa shape index (κ3) is 2.79. The summed E-state index contributed by atoms with van der Waals surface area (Å²) in [5, 5.41) is 8.86. The van der Waals surface area contributed by atoms with E-state index >= 15 is 0 Å². The van der Waals surface area contributed by atoms with E-state index in [9.17, 15) is 0 Å². The van der Waals surface area contributed by atoms with Crippen molar-refractivity contribution >= 4 is 0 Å². The molecule has 0 aliphatic carbocycles. The minimum Gasteiger partial charge on any atom is -0.396 e. The van der Waals surface area contributed by atoms with Crippen molar-refractivity contribution < 1.29 is 5.11 Å². The molecule has 0 fully saturated rings. The van der Waals surface area contributed by atoms with E-state index in [0.717, 1.165) is 5.69 Å². The number of rotatable bonds is 4. The number of aliphatic hydroxyl groups is 1. The molecule has 0 amide bonds. The maximum atomic E-state index is 8.86. The number of aromatic nitrogens is 1. The summed E-state index contributed by atoms with van der Waals surface area (Å²) in [5.41, 5.74) is 6.77. The minimum atomic E-state index is 0.0297. The molecule has 1 heterocycles. The van der Waals surface area contributed by atoms with Crippen molar-refractivity contribution in [2.24, 2.45) is 5.73 Å². The summed E-state index contributed by atoms with van der Waals surface area (Å²) in [6.07, 6.45) is 2.43. The quantitative estimate of drug-likeness (QED) is 0.723. The molecular weight excluding hydrogens is 164 g/mol. The van der Waals surface area contributed by atoms with Gasteiger partial charge in [0.2, 0.25) is 0 Å². The van der Waals surface area contributed by atoms with Crippen LogP contribution in [-0.4, -0.2) is 22.7 Å². The molecule has 72 valence electrons. The Labute approximate surface area is 78.6 Å². The van der Waals surface area contributed by atoms with Crippen molar-refractivity contribution in [1.29, 1.82) is 0 Å². The highest BCUT2D eigenvalue weighted by Gasteiger charge is 2.16. The van der Waals surface area contributed by atoms with Gasteiger partial charge >= 0.3 is 0 Å². The Balaban J connectivity index is 2.76. The lowest BCUT2D eigenvalue weighted by Crippen LogP contribution is -2.26. The van der Waals surface area contributed by atoms with Crippen molar-refractivity contribution in [3.63, 3.8) is 0 Å². The molecule has 0 aliphatic heterocycles. The number of hydrogen-bond acceptors (Lipinski definition) is 3. The number of nitrogens with two attached hydrogens (primary N) is 1. The van der Waals surface area contributed by atoms with Gasteiger partial charge in [0, 0.05) is 30.5 Å². The molecule has 1 unspecified atom stereocenters. The Morgan fingerprint density at radius 1 is 1.54 bits per heavy atom. The first-order valence-electron chi connectivity index (χ1n) is 4.53. The first-order chi connectivity index (χ1) is 6.25. The Kier molecular flexibility index (Phi) is 3.86. The van der Waals surface area contributed by atoms with Crippen LogP contribution in [0, 0.1) is 0 Å². The molecule has 1 aromatic heterocycles. The molecule has 3 N–H and O–H groups in total. The van der Waals surface area contributed by atoms with E-state index in [-0.39, 0.29) is 18.6 Å². The Morgan fingerprint density at radius 2 is 2.31 bits per heavy atom. The molecule has 0 radical (unpaired) electrons. The van der Waals surface area contributed by atoms with E-state index in [4.69, 9.17) is 10.8 Å². The van der Waals surface area contributed by atoms with Gasteiger partial charge in [-0.15, -0.1) is 0 Å². The summed E-state index contributed by atoms with van der Waals surface area (Å²) in [5.74, 6) is 0.159. The van der Waals surface area contributed by atoms with E-state index in [1.54, 1.807) is 6.20 Å². The standard InChI is InChI=1S/C10H16N2O/c1-8(11)9(5-7-13)10-4-2-3-6-12-10/h2-4,6,8-9,13H,5,7,11H2,1H3/t8-,9?/m0/s1. The minimum absolute atomic E-state index is 0.0297. The highest BCUT2D eigenvalue weighted by atomic mass is 16.3. The normalized spacial score (nSPS) is 15.3. The van der Waals surface area contributed by atoms with Crippen molar-refractivity contribution in [1.82, 2.24) is 4.98 Å². The molecule has 0 aliphatic rings. The maximum Gasteiger partial charge on any atom is 0.0450 e. The molecule has 13 heavy (non-hydrogen) atoms. The van der Waals surface area contributed by atoms with E-state index in [2.05, 4.69) is 4.98 Å². The molecule has 3 heteroatoms. The largest absolute Gasteiger partial charge is 0.396 e. The van der Waals surface area contributed by atoms with Crippen molar-refractivity contribution in [2.75, 3.05) is 6.61 Å². The first-order valence-corrected chi connectivity index (χ1v) is 4.53. The summed E-state index contributed by atoms with van der Waals surface area (Å²) in [6, 6.07) is 5.79. The van der Waals surface area contributed by atoms with Crippen LogP contribution in [0.2, 0.25) is 0 Å². The van der Waals surface area contributed by atoms with Crippen LogP contribution < -0.4 is 5.73 Å². The van der Waals surface area contributed by atoms with E-state index in [0.29, 0.717) is 6.42 Å². The Morgan fingerprint density at radius 3 is 2.77 bits per heavy atom. The third-order valence-corrected chi connectivity index (χ3v) is 2.14. The molecule has 1 aromatic rings. The van der Waals surface area contributed by atoms with Gasteiger partial charge in [-0.2, -0.15) is 0 Å². The maximum absolute atomic E-state index is 8.86. The third-order valence-electron chi connectivity index (χ3n) is 2.14. The lowest BCUT2D eigenvalue weighted by atomic mass is 9.94. The Hall–Kier alpha value is -0.930. The summed E-state index contributed by atoms with van der Waals surface area (Å²) in [6.45, 7) is 2.10. The molecule has 0 aromatic carbocycles. The fourth-order valence-corrected chi connectivity index (χ4v) is 1.41. The van der Waals surface area contributed by atoms with Crippen LogP contribution >= 0.6 is 0 Å². The summed E-state index contributed by atoms with van der Waals surface area (Å²) in [7, 11) is 0. The van der Waals surface area contributed by atoms with Crippen LogP contribution in [-0.2, 0) is 0 Å². The zero-order valence-electron chi connectivity index (χ0n) is 7.85. The van der Waals surface area contributed by atoms with Gasteiger partial charge in [-0.25, -0.2) is 0 Å². The lowest BCUT2D eigenvalue weighted by Gasteiger charge is -2.18. The zero-order valence-corrected chi connectivity index (χ0v) is 7.85. The van der Waals surface area contributed by atoms with Gasteiger partial charge in [0.05, 0.1) is 0 Å². The van der Waals surface area contributed by atoms with Gasteiger partial charge in [0.15, 0.2) is 0 Å². The van der Waals surface area contributed by atoms with Gasteiger partial charge in [0.1, 0.15) is 0 Å². The van der Waals surface area contributed by atoms with E-state index < -0.39 is 0 Å². The predicted octanol–water partition coefficient (Wildman–Crippen LogP) is 0.895. The summed E-state index contributed by atoms with van der Waals surface area (Å²) >= 11 is 0. The van der Waals surface area contributed by atoms with Gasteiger partial charge in [-0.05, 0) is 25.5 Å². The second-order valence-electron chi connectivity index (χ2n) is 3.23. The van der Waals surface area contributed by atoms with Crippen LogP contribution in [0.15, 0.2) is 24.4 Å². The van der Waals surface area contributed by atoms with E-state index in [1.165, 1.54) is 0 Å². The van der Waals surface area contributed by atoms with Gasteiger partial charge in [-0.1, -0.05) is 6.07 Å². The highest BCUT2D eigenvalue weighted by Crippen LogP contribution is 2.19. The van der Waals surface area contributed by atoms with Crippen molar-refractivity contribution in [2.45, 2.75) is 25.3 Å². The van der Waals surface area contributed by atoms with Gasteiger partial charge in [-0.3, -0.25) is 4.98 Å². The van der Waals surface area contributed by atoms with Crippen molar-refractivity contribution in [3.05, 3.63) is 30.1 Å². The van der Waals surface area contributed by atoms with Crippen LogP contribution in [0.1, 0.15) is 25.0 Å². The smallest absolute Gasteiger partial charge is 0.0450 e. The molecule has 0 saturated heterocycles. The number of pyridine rings is 1. The van der Waals surface area contributed by atoms with Crippen molar-refractivity contribution in [3.8, 4) is 0 Å². The summed E-state index contributed by atoms with van der Waals surface area (Å²) in [4.78, 5) is 4.23. The predicted molar refractivity (Wildman–Crippen MR) is 52.3 cm³/mol. The second-order valence-corrected chi connectivity index (χ2v) is 3.23. The lowest BCUT2D eigenvalue weighted by molar-refractivity contribution is 0.268. The fourth-order valence-electron chi connectivity index (χ4n) is 1.41. The molecule has 0 spiro atoms. The molecular formula is C10H16N2O. The Bertz CT molecular complexity index is 236. The average molecular weight is 180 g/mol. The van der Waals surface area contributed by atoms with Crippen LogP contribution in [0.4, 0.5) is 0 Å². The second kappa shape index (κ2) is 4.94. The van der Waals surface area contributed by atoms with Gasteiger partial charge in [0.25, 0.3) is 0 Å². The zero-order chi connectivity index (χ0) is 9.68. The SMILES string of the molecule is C[C@H](N)C(CCO)c1ccccn1. The van der Waals surface area contributed by atoms with Crippen LogP contribution in [0.3, 0.4) is 0 Å². The fraction of sp³-hybridized carbons (Fsp3) is 0.500. The molecule has 2 atom stereocenters. The molecule has 0 saturated carbocycles. The van der Waals surface area contributed by atoms with E-state index in [1.807, 2.05) is 25.1 Å². The van der Waals surface area contributed by atoms with Gasteiger partial charge < -0.3 is 10.8 Å². The highest BCUT2D eigenvalue weighted by molar-refractivity contribution is 5.11. The first kappa shape index (κ1) is 10.2. The molecule has 1 rings (SSSR count). The number of aliphatic hydroxyl groups excluding tert-OH is 1. The monoisotopic (exact) mass is 180 g/mol.